The normalized spacial score (nSPS) is 23.0. The lowest BCUT2D eigenvalue weighted by atomic mass is 9.76. The average molecular weight is 602 g/mol. The number of carbonyl (C=O) groups is 2. The molecule has 1 fully saturated rings. The van der Waals surface area contributed by atoms with Gasteiger partial charge >= 0.3 is 0 Å². The number of nitrogens with zero attached hydrogens (tertiary/aromatic N) is 2. The van der Waals surface area contributed by atoms with Gasteiger partial charge in [-0.15, -0.1) is 0 Å². The number of amides is 2. The fourth-order valence-corrected chi connectivity index (χ4v) is 7.28. The number of halogens is 2. The molecule has 11 heteroatoms. The first-order chi connectivity index (χ1) is 19.1. The Morgan fingerprint density at radius 3 is 2.55 bits per heavy atom. The van der Waals surface area contributed by atoms with Crippen molar-refractivity contribution in [2.24, 2.45) is 0 Å². The first-order valence-electron chi connectivity index (χ1n) is 13.1. The minimum Gasteiger partial charge on any atom is -0.351 e. The topological polar surface area (TPSA) is 108 Å². The van der Waals surface area contributed by atoms with Crippen LogP contribution in [0.1, 0.15) is 64.7 Å². The smallest absolute Gasteiger partial charge is 0.255 e. The third-order valence-corrected chi connectivity index (χ3v) is 8.87. The maximum Gasteiger partial charge on any atom is 0.255 e. The van der Waals surface area contributed by atoms with Crippen LogP contribution in [0.15, 0.2) is 67.0 Å². The molecule has 210 valence electrons. The number of pyridine rings is 1. The van der Waals surface area contributed by atoms with E-state index in [2.05, 4.69) is 15.0 Å². The molecule has 0 bridgehead atoms. The predicted octanol–water partition coefficient (Wildman–Crippen LogP) is 4.85. The van der Waals surface area contributed by atoms with Crippen molar-refractivity contribution in [1.29, 1.82) is 0 Å². The maximum atomic E-state index is 14.3. The van der Waals surface area contributed by atoms with E-state index in [1.165, 1.54) is 0 Å². The lowest BCUT2D eigenvalue weighted by Crippen LogP contribution is -2.59. The zero-order valence-electron chi connectivity index (χ0n) is 21.9. The van der Waals surface area contributed by atoms with Crippen molar-refractivity contribution in [3.05, 3.63) is 99.3 Å². The highest BCUT2D eigenvalue weighted by Crippen LogP contribution is 2.47. The zero-order chi connectivity index (χ0) is 28.4. The second-order valence-corrected chi connectivity index (χ2v) is 12.9. The van der Waals surface area contributed by atoms with Gasteiger partial charge in [-0.2, -0.15) is 0 Å². The van der Waals surface area contributed by atoms with Crippen LogP contribution >= 0.6 is 23.2 Å². The monoisotopic (exact) mass is 600 g/mol. The molecule has 2 N–H and O–H groups in total. The summed E-state index contributed by atoms with van der Waals surface area (Å²) >= 11 is 13.0. The molecule has 1 saturated carbocycles. The fraction of sp³-hybridized carbons (Fsp3) is 0.345. The van der Waals surface area contributed by atoms with Crippen LogP contribution in [0.3, 0.4) is 0 Å². The number of benzene rings is 2. The first kappa shape index (κ1) is 28.5. The molecular formula is C29H30Cl2N4O4S. The number of hydrogen-bond acceptors (Lipinski definition) is 5. The highest BCUT2D eigenvalue weighted by molar-refractivity contribution is 7.88. The summed E-state index contributed by atoms with van der Waals surface area (Å²) < 4.78 is 27.4. The van der Waals surface area contributed by atoms with Gasteiger partial charge in [0.25, 0.3) is 5.91 Å². The summed E-state index contributed by atoms with van der Waals surface area (Å²) in [5.41, 5.74) is 2.40. The largest absolute Gasteiger partial charge is 0.351 e. The summed E-state index contributed by atoms with van der Waals surface area (Å²) in [6.45, 7) is 0.252. The standard InChI is InChI=1S/C29H30Cl2N4O4S/c1-40(38,39)34-24-10-4-5-11-25(24)35-27(22-13-12-19(30)15-23(22)31)26(20-8-2-3-9-21(20)29(35)37)28(36)33-17-18-7-6-14-32-16-18/h2-3,6-9,12-16,24-27,34H,4-5,10-11,17H2,1H3,(H,33,36)/t24-,25-,26+,27-/m0/s1. The predicted molar refractivity (Wildman–Crippen MR) is 155 cm³/mol. The van der Waals surface area contributed by atoms with Crippen LogP contribution in [-0.4, -0.2) is 48.5 Å². The lowest BCUT2D eigenvalue weighted by molar-refractivity contribution is -0.124. The van der Waals surface area contributed by atoms with Gasteiger partial charge < -0.3 is 10.2 Å². The van der Waals surface area contributed by atoms with Gasteiger partial charge in [0.2, 0.25) is 15.9 Å². The van der Waals surface area contributed by atoms with Crippen LogP contribution in [0, 0.1) is 0 Å². The molecule has 0 spiro atoms. The molecule has 8 nitrogen and oxygen atoms in total. The SMILES string of the molecule is CS(=O)(=O)N[C@H]1CCCC[C@@H]1N1C(=O)c2ccccc2[C@@H](C(=O)NCc2cccnc2)[C@@H]1c1ccc(Cl)cc1Cl. The van der Waals surface area contributed by atoms with Crippen molar-refractivity contribution < 1.29 is 18.0 Å². The number of carbonyl (C=O) groups excluding carboxylic acids is 2. The molecule has 2 aromatic carbocycles. The molecule has 2 heterocycles. The van der Waals surface area contributed by atoms with Crippen LogP contribution in [0.4, 0.5) is 0 Å². The van der Waals surface area contributed by atoms with Crippen LogP contribution in [0.2, 0.25) is 10.0 Å². The van der Waals surface area contributed by atoms with Gasteiger partial charge in [0.1, 0.15) is 0 Å². The number of fused-ring (bicyclic) bond motifs is 1. The number of rotatable bonds is 7. The molecule has 1 aromatic heterocycles. The molecule has 1 aliphatic carbocycles. The third-order valence-electron chi connectivity index (χ3n) is 7.58. The molecule has 40 heavy (non-hydrogen) atoms. The Morgan fingerprint density at radius 1 is 1.05 bits per heavy atom. The summed E-state index contributed by atoms with van der Waals surface area (Å²) in [6.07, 6.45) is 7.25. The van der Waals surface area contributed by atoms with E-state index in [-0.39, 0.29) is 18.4 Å². The summed E-state index contributed by atoms with van der Waals surface area (Å²) in [6, 6.07) is 14.0. The van der Waals surface area contributed by atoms with E-state index in [1.807, 2.05) is 6.07 Å². The minimum atomic E-state index is -3.56. The molecule has 0 unspecified atom stereocenters. The van der Waals surface area contributed by atoms with Gasteiger partial charge in [0.15, 0.2) is 0 Å². The molecule has 5 rings (SSSR count). The van der Waals surface area contributed by atoms with E-state index >= 15 is 0 Å². The number of hydrogen-bond donors (Lipinski definition) is 2. The second-order valence-electron chi connectivity index (χ2n) is 10.3. The highest BCUT2D eigenvalue weighted by atomic mass is 35.5. The van der Waals surface area contributed by atoms with Crippen LogP contribution in [0.25, 0.3) is 0 Å². The van der Waals surface area contributed by atoms with Crippen molar-refractivity contribution in [2.45, 2.75) is 56.3 Å². The van der Waals surface area contributed by atoms with Gasteiger partial charge in [-0.05, 0) is 53.8 Å². The second kappa shape index (κ2) is 11.9. The summed E-state index contributed by atoms with van der Waals surface area (Å²) in [5.74, 6) is -1.37. The Balaban J connectivity index is 1.65. The summed E-state index contributed by atoms with van der Waals surface area (Å²) in [7, 11) is -3.56. The Hall–Kier alpha value is -2.98. The van der Waals surface area contributed by atoms with Crippen molar-refractivity contribution in [1.82, 2.24) is 19.9 Å². The Kier molecular flexibility index (Phi) is 8.47. The average Bonchev–Trinajstić information content (AvgIpc) is 2.92. The van der Waals surface area contributed by atoms with E-state index in [0.29, 0.717) is 39.6 Å². The Labute approximate surface area is 244 Å². The van der Waals surface area contributed by atoms with Crippen molar-refractivity contribution in [2.75, 3.05) is 6.26 Å². The van der Waals surface area contributed by atoms with Gasteiger partial charge in [0, 0.05) is 46.6 Å². The van der Waals surface area contributed by atoms with Gasteiger partial charge in [-0.3, -0.25) is 14.6 Å². The molecular weight excluding hydrogens is 571 g/mol. The maximum absolute atomic E-state index is 14.3. The molecule has 0 radical (unpaired) electrons. The van der Waals surface area contributed by atoms with Gasteiger partial charge in [-0.1, -0.05) is 66.4 Å². The van der Waals surface area contributed by atoms with Crippen molar-refractivity contribution in [3.63, 3.8) is 0 Å². The van der Waals surface area contributed by atoms with E-state index in [1.54, 1.807) is 65.8 Å². The molecule has 0 saturated heterocycles. The van der Waals surface area contributed by atoms with Crippen molar-refractivity contribution >= 4 is 45.0 Å². The van der Waals surface area contributed by atoms with E-state index in [9.17, 15) is 18.0 Å². The minimum absolute atomic E-state index is 0.252. The summed E-state index contributed by atoms with van der Waals surface area (Å²) in [5, 5.41) is 3.78. The number of aromatic nitrogens is 1. The van der Waals surface area contributed by atoms with E-state index in [4.69, 9.17) is 23.2 Å². The van der Waals surface area contributed by atoms with Gasteiger partial charge in [0.05, 0.1) is 18.2 Å². The highest BCUT2D eigenvalue weighted by Gasteiger charge is 2.49. The van der Waals surface area contributed by atoms with E-state index < -0.39 is 34.1 Å². The van der Waals surface area contributed by atoms with Crippen LogP contribution in [0.5, 0.6) is 0 Å². The fourth-order valence-electron chi connectivity index (χ4n) is 5.93. The number of sulfonamides is 1. The quantitative estimate of drug-likeness (QED) is 0.403. The summed E-state index contributed by atoms with van der Waals surface area (Å²) in [4.78, 5) is 34.2. The Morgan fingerprint density at radius 2 is 1.82 bits per heavy atom. The first-order valence-corrected chi connectivity index (χ1v) is 15.8. The molecule has 3 aromatic rings. The van der Waals surface area contributed by atoms with E-state index in [0.717, 1.165) is 24.7 Å². The molecule has 2 aliphatic rings. The molecule has 4 atom stereocenters. The lowest BCUT2D eigenvalue weighted by Gasteiger charge is -2.49. The van der Waals surface area contributed by atoms with Crippen molar-refractivity contribution in [3.8, 4) is 0 Å². The van der Waals surface area contributed by atoms with Crippen LogP contribution < -0.4 is 10.0 Å². The zero-order valence-corrected chi connectivity index (χ0v) is 24.2. The third kappa shape index (κ3) is 6.02. The Bertz CT molecular complexity index is 1520. The van der Waals surface area contributed by atoms with Crippen LogP contribution in [-0.2, 0) is 21.4 Å². The molecule has 1 aliphatic heterocycles. The molecule has 2 amide bonds. The van der Waals surface area contributed by atoms with Gasteiger partial charge in [-0.25, -0.2) is 13.1 Å². The number of nitrogens with one attached hydrogen (secondary N) is 2.